The average molecular weight is 374 g/mol. The Balaban J connectivity index is 2.03. The van der Waals surface area contributed by atoms with E-state index >= 15 is 0 Å². The summed E-state index contributed by atoms with van der Waals surface area (Å²) >= 11 is 0. The molecule has 0 unspecified atom stereocenters. The van der Waals surface area contributed by atoms with Crippen molar-refractivity contribution in [3.05, 3.63) is 64.6 Å². The summed E-state index contributed by atoms with van der Waals surface area (Å²) in [7, 11) is -3.89. The van der Waals surface area contributed by atoms with E-state index in [1.165, 1.54) is 18.2 Å². The third-order valence-electron chi connectivity index (χ3n) is 4.32. The second-order valence-electron chi connectivity index (χ2n) is 6.27. The fraction of sp³-hybridized carbons (Fsp3) is 0.211. The normalized spacial score (nSPS) is 11.6. The van der Waals surface area contributed by atoms with Crippen molar-refractivity contribution in [2.24, 2.45) is 0 Å². The number of hydrogen-bond acceptors (Lipinski definition) is 4. The van der Waals surface area contributed by atoms with Crippen LogP contribution in [-0.2, 0) is 10.0 Å². The maximum atomic E-state index is 13.7. The molecule has 0 amide bonds. The molecule has 0 atom stereocenters. The fourth-order valence-corrected chi connectivity index (χ4v) is 3.90. The van der Waals surface area contributed by atoms with Gasteiger partial charge >= 0.3 is 0 Å². The molecule has 3 rings (SSSR count). The van der Waals surface area contributed by atoms with Crippen molar-refractivity contribution in [2.75, 3.05) is 4.72 Å². The summed E-state index contributed by atoms with van der Waals surface area (Å²) < 4.78 is 47.1. The van der Waals surface area contributed by atoms with Crippen LogP contribution >= 0.6 is 0 Å². The van der Waals surface area contributed by atoms with Gasteiger partial charge in [0.25, 0.3) is 10.0 Å². The monoisotopic (exact) mass is 374 g/mol. The Morgan fingerprint density at radius 1 is 1.00 bits per heavy atom. The van der Waals surface area contributed by atoms with E-state index in [9.17, 15) is 12.8 Å². The van der Waals surface area contributed by atoms with E-state index in [1.54, 1.807) is 26.0 Å². The number of halogens is 1. The highest BCUT2D eigenvalue weighted by atomic mass is 32.2. The molecular formula is C19H19FN2O3S. The highest BCUT2D eigenvalue weighted by molar-refractivity contribution is 7.92. The van der Waals surface area contributed by atoms with Crippen LogP contribution in [0.5, 0.6) is 0 Å². The van der Waals surface area contributed by atoms with Crippen LogP contribution in [0.4, 0.5) is 10.1 Å². The molecule has 0 spiro atoms. The molecular weight excluding hydrogens is 355 g/mol. The Kier molecular flexibility index (Phi) is 4.58. The molecule has 0 aliphatic heterocycles. The van der Waals surface area contributed by atoms with Gasteiger partial charge in [0.15, 0.2) is 5.76 Å². The summed E-state index contributed by atoms with van der Waals surface area (Å²) in [6.07, 6.45) is 0. The zero-order valence-electron chi connectivity index (χ0n) is 14.9. The highest BCUT2D eigenvalue weighted by Gasteiger charge is 2.20. The first-order valence-electron chi connectivity index (χ1n) is 8.02. The van der Waals surface area contributed by atoms with E-state index in [0.717, 1.165) is 17.3 Å². The Labute approximate surface area is 151 Å². The topological polar surface area (TPSA) is 72.2 Å². The minimum Gasteiger partial charge on any atom is -0.356 e. The summed E-state index contributed by atoms with van der Waals surface area (Å²) in [5.41, 5.74) is 3.41. The molecule has 26 heavy (non-hydrogen) atoms. The number of hydrogen-bond donors (Lipinski definition) is 1. The van der Waals surface area contributed by atoms with Gasteiger partial charge in [-0.3, -0.25) is 4.72 Å². The zero-order valence-corrected chi connectivity index (χ0v) is 15.7. The van der Waals surface area contributed by atoms with Crippen LogP contribution in [0.15, 0.2) is 45.8 Å². The van der Waals surface area contributed by atoms with Crippen molar-refractivity contribution in [2.45, 2.75) is 32.6 Å². The molecule has 3 aromatic rings. The Morgan fingerprint density at radius 3 is 2.31 bits per heavy atom. The van der Waals surface area contributed by atoms with E-state index in [1.807, 2.05) is 13.8 Å². The van der Waals surface area contributed by atoms with Gasteiger partial charge in [0, 0.05) is 11.1 Å². The molecule has 1 aromatic heterocycles. The number of aryl methyl sites for hydroxylation is 3. The number of anilines is 1. The second kappa shape index (κ2) is 6.57. The largest absolute Gasteiger partial charge is 0.356 e. The molecule has 0 fully saturated rings. The van der Waals surface area contributed by atoms with Crippen molar-refractivity contribution < 1.29 is 17.3 Å². The van der Waals surface area contributed by atoms with Crippen LogP contribution < -0.4 is 4.72 Å². The van der Waals surface area contributed by atoms with Crippen LogP contribution in [0.25, 0.3) is 11.3 Å². The quantitative estimate of drug-likeness (QED) is 0.729. The third kappa shape index (κ3) is 3.35. The minimum atomic E-state index is -3.89. The van der Waals surface area contributed by atoms with E-state index in [-0.39, 0.29) is 10.6 Å². The molecule has 1 heterocycles. The molecule has 0 aliphatic carbocycles. The van der Waals surface area contributed by atoms with Gasteiger partial charge in [-0.15, -0.1) is 0 Å². The summed E-state index contributed by atoms with van der Waals surface area (Å²) in [6, 6.07) is 9.24. The summed E-state index contributed by atoms with van der Waals surface area (Å²) in [5, 5.41) is 3.91. The lowest BCUT2D eigenvalue weighted by Crippen LogP contribution is -2.14. The predicted octanol–water partition coefficient (Wildman–Crippen LogP) is 4.52. The Morgan fingerprint density at radius 2 is 1.69 bits per heavy atom. The van der Waals surface area contributed by atoms with Gasteiger partial charge < -0.3 is 4.52 Å². The first-order chi connectivity index (χ1) is 12.2. The first-order valence-corrected chi connectivity index (χ1v) is 9.50. The molecule has 0 radical (unpaired) electrons. The Bertz CT molecular complexity index is 1090. The van der Waals surface area contributed by atoms with E-state index < -0.39 is 15.8 Å². The van der Waals surface area contributed by atoms with Crippen molar-refractivity contribution in [3.63, 3.8) is 0 Å². The van der Waals surface area contributed by atoms with Crippen molar-refractivity contribution in [1.82, 2.24) is 5.16 Å². The smallest absolute Gasteiger partial charge is 0.262 e. The van der Waals surface area contributed by atoms with E-state index in [2.05, 4.69) is 9.88 Å². The van der Waals surface area contributed by atoms with Gasteiger partial charge in [0.05, 0.1) is 16.3 Å². The number of sulfonamides is 1. The molecule has 0 aliphatic rings. The van der Waals surface area contributed by atoms with Crippen LogP contribution in [0.2, 0.25) is 0 Å². The van der Waals surface area contributed by atoms with Crippen LogP contribution in [-0.4, -0.2) is 13.6 Å². The maximum absolute atomic E-state index is 13.7. The van der Waals surface area contributed by atoms with Gasteiger partial charge in [-0.25, -0.2) is 12.8 Å². The number of aromatic nitrogens is 1. The molecule has 1 N–H and O–H groups in total. The lowest BCUT2D eigenvalue weighted by atomic mass is 10.1. The van der Waals surface area contributed by atoms with E-state index in [4.69, 9.17) is 4.52 Å². The molecule has 0 saturated carbocycles. The molecule has 136 valence electrons. The third-order valence-corrected chi connectivity index (χ3v) is 5.84. The average Bonchev–Trinajstić information content (AvgIpc) is 2.90. The van der Waals surface area contributed by atoms with E-state index in [0.29, 0.717) is 22.5 Å². The van der Waals surface area contributed by atoms with Crippen molar-refractivity contribution in [1.29, 1.82) is 0 Å². The zero-order chi connectivity index (χ0) is 19.1. The van der Waals surface area contributed by atoms with Gasteiger partial charge in [-0.05, 0) is 57.0 Å². The molecule has 7 heteroatoms. The summed E-state index contributed by atoms with van der Waals surface area (Å²) in [5.74, 6) is 0.0590. The fourth-order valence-electron chi connectivity index (χ4n) is 2.58. The second-order valence-corrected chi connectivity index (χ2v) is 7.92. The van der Waals surface area contributed by atoms with Crippen molar-refractivity contribution in [3.8, 4) is 11.3 Å². The minimum absolute atomic E-state index is 0.101. The molecule has 0 saturated heterocycles. The number of benzene rings is 2. The summed E-state index contributed by atoms with van der Waals surface area (Å²) in [6.45, 7) is 7.00. The molecule has 0 bridgehead atoms. The number of nitrogens with one attached hydrogen (secondary N) is 1. The van der Waals surface area contributed by atoms with Gasteiger partial charge in [0.2, 0.25) is 0 Å². The van der Waals surface area contributed by atoms with Gasteiger partial charge in [-0.1, -0.05) is 23.4 Å². The van der Waals surface area contributed by atoms with Crippen LogP contribution in [0.1, 0.15) is 22.4 Å². The van der Waals surface area contributed by atoms with Gasteiger partial charge in [-0.2, -0.15) is 0 Å². The first kappa shape index (κ1) is 18.1. The van der Waals surface area contributed by atoms with Crippen LogP contribution in [0.3, 0.4) is 0 Å². The van der Waals surface area contributed by atoms with Gasteiger partial charge in [0.1, 0.15) is 5.82 Å². The molecule has 5 nitrogen and oxygen atoms in total. The standard InChI is InChI=1S/C19H19FN2O3S/c1-11-6-8-16(10-17(11)20)22-26(23,24)18-9-15(7-5-12(18)2)19-13(3)14(4)21-25-19/h5-10,22H,1-4H3. The molecule has 2 aromatic carbocycles. The number of nitrogens with zero attached hydrogens (tertiary/aromatic N) is 1. The predicted molar refractivity (Wildman–Crippen MR) is 98.1 cm³/mol. The maximum Gasteiger partial charge on any atom is 0.262 e. The lowest BCUT2D eigenvalue weighted by Gasteiger charge is -2.12. The lowest BCUT2D eigenvalue weighted by molar-refractivity contribution is 0.427. The Hall–Kier alpha value is -2.67. The van der Waals surface area contributed by atoms with Crippen molar-refractivity contribution >= 4 is 15.7 Å². The SMILES string of the molecule is Cc1ccc(NS(=O)(=O)c2cc(-c3onc(C)c3C)ccc2C)cc1F. The van der Waals surface area contributed by atoms with Crippen LogP contribution in [0, 0.1) is 33.5 Å². The summed E-state index contributed by atoms with van der Waals surface area (Å²) in [4.78, 5) is 0.101. The highest BCUT2D eigenvalue weighted by Crippen LogP contribution is 2.30. The number of rotatable bonds is 4.